The van der Waals surface area contributed by atoms with E-state index in [0.717, 1.165) is 35.7 Å². The van der Waals surface area contributed by atoms with E-state index in [1.54, 1.807) is 20.3 Å². The average Bonchev–Trinajstić information content (AvgIpc) is 3.16. The molecule has 0 spiro atoms. The van der Waals surface area contributed by atoms with Crippen molar-refractivity contribution >= 4 is 0 Å². The van der Waals surface area contributed by atoms with Gasteiger partial charge in [-0.05, 0) is 18.2 Å². The van der Waals surface area contributed by atoms with Crippen molar-refractivity contribution in [2.24, 2.45) is 0 Å². The van der Waals surface area contributed by atoms with Crippen molar-refractivity contribution in [2.45, 2.75) is 6.04 Å². The maximum Gasteiger partial charge on any atom is 0.231 e. The van der Waals surface area contributed by atoms with E-state index >= 15 is 0 Å². The van der Waals surface area contributed by atoms with Gasteiger partial charge in [0.1, 0.15) is 36.4 Å². The van der Waals surface area contributed by atoms with Gasteiger partial charge in [0.05, 0.1) is 38.6 Å². The van der Waals surface area contributed by atoms with Gasteiger partial charge in [0, 0.05) is 12.1 Å². The Morgan fingerprint density at radius 1 is 0.963 bits per heavy atom. The highest BCUT2D eigenvalue weighted by molar-refractivity contribution is 5.55. The van der Waals surface area contributed by atoms with E-state index in [1.165, 1.54) is 4.90 Å². The van der Waals surface area contributed by atoms with Crippen LogP contribution in [0.25, 0.3) is 0 Å². The first-order valence-electron chi connectivity index (χ1n) is 8.98. The van der Waals surface area contributed by atoms with Gasteiger partial charge >= 0.3 is 0 Å². The van der Waals surface area contributed by atoms with Gasteiger partial charge in [-0.1, -0.05) is 0 Å². The molecule has 27 heavy (non-hydrogen) atoms. The van der Waals surface area contributed by atoms with Crippen LogP contribution < -0.4 is 23.8 Å². The lowest BCUT2D eigenvalue weighted by molar-refractivity contribution is -0.933. The summed E-state index contributed by atoms with van der Waals surface area (Å²) in [6.45, 7) is 3.17. The molecule has 2 aromatic rings. The lowest BCUT2D eigenvalue weighted by Crippen LogP contribution is -3.14. The Morgan fingerprint density at radius 3 is 2.41 bits per heavy atom. The zero-order chi connectivity index (χ0) is 18.8. The minimum absolute atomic E-state index is 0.135. The van der Waals surface area contributed by atoms with Crippen LogP contribution in [0.1, 0.15) is 17.2 Å². The fourth-order valence-corrected chi connectivity index (χ4v) is 3.76. The number of rotatable bonds is 5. The van der Waals surface area contributed by atoms with Crippen LogP contribution in [0.15, 0.2) is 30.3 Å². The van der Waals surface area contributed by atoms with Crippen molar-refractivity contribution in [3.05, 3.63) is 41.5 Å². The standard InChI is InChI=1S/C20H23NO6/c1-23-13-3-4-14(17(9-13)24-2)20(21-5-7-25-8-6-21)15-10-18-19(11-16(15)22)27-12-26-18/h3-4,9-11,20,22H,5-8,12H2,1-2H3/p+1/t20-/m1/s1. The van der Waals surface area contributed by atoms with E-state index in [9.17, 15) is 5.11 Å². The maximum atomic E-state index is 10.8. The minimum atomic E-state index is -0.135. The molecule has 0 aromatic heterocycles. The number of aromatic hydroxyl groups is 1. The minimum Gasteiger partial charge on any atom is -0.507 e. The Bertz CT molecular complexity index is 818. The maximum absolute atomic E-state index is 10.8. The third-order valence-corrected chi connectivity index (χ3v) is 5.13. The highest BCUT2D eigenvalue weighted by atomic mass is 16.7. The van der Waals surface area contributed by atoms with Crippen LogP contribution in [-0.2, 0) is 4.74 Å². The van der Waals surface area contributed by atoms with Gasteiger partial charge in [-0.3, -0.25) is 0 Å². The molecule has 2 heterocycles. The molecule has 2 aliphatic rings. The van der Waals surface area contributed by atoms with Crippen LogP contribution in [0.4, 0.5) is 0 Å². The van der Waals surface area contributed by atoms with E-state index in [4.69, 9.17) is 23.7 Å². The summed E-state index contributed by atoms with van der Waals surface area (Å²) < 4.78 is 27.5. The van der Waals surface area contributed by atoms with Gasteiger partial charge < -0.3 is 33.7 Å². The van der Waals surface area contributed by atoms with E-state index in [-0.39, 0.29) is 18.6 Å². The lowest BCUT2D eigenvalue weighted by Gasteiger charge is -2.33. The molecule has 4 rings (SSSR count). The van der Waals surface area contributed by atoms with Crippen LogP contribution in [0.3, 0.4) is 0 Å². The fourth-order valence-electron chi connectivity index (χ4n) is 3.76. The second kappa shape index (κ2) is 7.54. The summed E-state index contributed by atoms with van der Waals surface area (Å²) in [5.41, 5.74) is 1.75. The Labute approximate surface area is 158 Å². The smallest absolute Gasteiger partial charge is 0.231 e. The molecule has 7 nitrogen and oxygen atoms in total. The number of benzene rings is 2. The summed E-state index contributed by atoms with van der Waals surface area (Å²) in [7, 11) is 3.27. The molecule has 0 saturated carbocycles. The monoisotopic (exact) mass is 374 g/mol. The van der Waals surface area contributed by atoms with Crippen LogP contribution >= 0.6 is 0 Å². The number of morpholine rings is 1. The van der Waals surface area contributed by atoms with Crippen molar-refractivity contribution in [2.75, 3.05) is 47.3 Å². The predicted molar refractivity (Wildman–Crippen MR) is 97.1 cm³/mol. The summed E-state index contributed by atoms with van der Waals surface area (Å²) in [5, 5.41) is 10.8. The molecular weight excluding hydrogens is 350 g/mol. The van der Waals surface area contributed by atoms with Gasteiger partial charge in [-0.25, -0.2) is 0 Å². The van der Waals surface area contributed by atoms with Gasteiger partial charge in [0.25, 0.3) is 0 Å². The molecule has 2 N–H and O–H groups in total. The highest BCUT2D eigenvalue weighted by Gasteiger charge is 2.34. The fraction of sp³-hybridized carbons (Fsp3) is 0.400. The van der Waals surface area contributed by atoms with Crippen molar-refractivity contribution in [1.29, 1.82) is 0 Å². The zero-order valence-corrected chi connectivity index (χ0v) is 15.5. The molecule has 0 bridgehead atoms. The van der Waals surface area contributed by atoms with E-state index in [1.807, 2.05) is 24.3 Å². The van der Waals surface area contributed by atoms with E-state index in [0.29, 0.717) is 24.7 Å². The number of ether oxygens (including phenoxy) is 5. The molecule has 2 aliphatic heterocycles. The third kappa shape index (κ3) is 3.36. The van der Waals surface area contributed by atoms with E-state index < -0.39 is 0 Å². The summed E-state index contributed by atoms with van der Waals surface area (Å²) in [4.78, 5) is 1.29. The van der Waals surface area contributed by atoms with Crippen LogP contribution in [0, 0.1) is 0 Å². The van der Waals surface area contributed by atoms with Gasteiger partial charge in [-0.2, -0.15) is 0 Å². The number of phenols is 1. The van der Waals surface area contributed by atoms with Crippen LogP contribution in [0.5, 0.6) is 28.7 Å². The molecule has 7 heteroatoms. The first-order chi connectivity index (χ1) is 13.2. The number of hydrogen-bond donors (Lipinski definition) is 2. The molecule has 0 aliphatic carbocycles. The topological polar surface area (TPSA) is 70.8 Å². The molecule has 144 valence electrons. The second-order valence-corrected chi connectivity index (χ2v) is 6.58. The molecular formula is C20H24NO6+. The number of methoxy groups -OCH3 is 2. The third-order valence-electron chi connectivity index (χ3n) is 5.13. The summed E-state index contributed by atoms with van der Waals surface area (Å²) >= 11 is 0. The molecule has 1 saturated heterocycles. The van der Waals surface area contributed by atoms with Crippen molar-refractivity contribution in [1.82, 2.24) is 0 Å². The van der Waals surface area contributed by atoms with E-state index in [2.05, 4.69) is 0 Å². The zero-order valence-electron chi connectivity index (χ0n) is 15.5. The molecule has 2 aromatic carbocycles. The number of nitrogens with one attached hydrogen (secondary N) is 1. The Morgan fingerprint density at radius 2 is 1.70 bits per heavy atom. The Hall–Kier alpha value is -2.64. The molecule has 1 fully saturated rings. The predicted octanol–water partition coefficient (Wildman–Crippen LogP) is 1.14. The lowest BCUT2D eigenvalue weighted by atomic mass is 9.94. The number of hydrogen-bond acceptors (Lipinski definition) is 6. The normalized spacial score (nSPS) is 17.6. The summed E-state index contributed by atoms with van der Waals surface area (Å²) in [6, 6.07) is 9.13. The van der Waals surface area contributed by atoms with Crippen molar-refractivity contribution in [3.8, 4) is 28.7 Å². The van der Waals surface area contributed by atoms with Gasteiger partial charge in [-0.15, -0.1) is 0 Å². The Kier molecular flexibility index (Phi) is 4.96. The van der Waals surface area contributed by atoms with Gasteiger partial charge in [0.2, 0.25) is 6.79 Å². The van der Waals surface area contributed by atoms with Crippen LogP contribution in [-0.4, -0.2) is 52.4 Å². The second-order valence-electron chi connectivity index (χ2n) is 6.58. The Balaban J connectivity index is 1.83. The van der Waals surface area contributed by atoms with Gasteiger partial charge in [0.15, 0.2) is 11.5 Å². The number of fused-ring (bicyclic) bond motifs is 1. The van der Waals surface area contributed by atoms with Crippen molar-refractivity contribution in [3.63, 3.8) is 0 Å². The quantitative estimate of drug-likeness (QED) is 0.818. The SMILES string of the molecule is COc1ccc([C@H](c2cc3c(cc2O)OCO3)[NH+]2CCOCC2)c(OC)c1. The first kappa shape index (κ1) is 17.8. The first-order valence-corrected chi connectivity index (χ1v) is 8.98. The number of quaternary nitrogens is 1. The molecule has 0 amide bonds. The summed E-state index contributed by atoms with van der Waals surface area (Å²) in [6.07, 6.45) is 0. The molecule has 0 radical (unpaired) electrons. The number of phenolic OH excluding ortho intramolecular Hbond substituents is 1. The molecule has 0 unspecified atom stereocenters. The summed E-state index contributed by atoms with van der Waals surface area (Å²) in [5.74, 6) is 2.83. The van der Waals surface area contributed by atoms with Crippen molar-refractivity contribution < 1.29 is 33.7 Å². The highest BCUT2D eigenvalue weighted by Crippen LogP contribution is 2.42. The van der Waals surface area contributed by atoms with Crippen LogP contribution in [0.2, 0.25) is 0 Å². The largest absolute Gasteiger partial charge is 0.507 e. The molecule has 1 atom stereocenters. The average molecular weight is 374 g/mol.